The van der Waals surface area contributed by atoms with E-state index in [2.05, 4.69) is 26.8 Å². The molecular formula is C27H37F3N8O3S. The van der Waals surface area contributed by atoms with Gasteiger partial charge in [0.1, 0.15) is 23.1 Å². The molecule has 0 aromatic carbocycles. The first kappa shape index (κ1) is 30.4. The molecule has 0 radical (unpaired) electrons. The molecule has 0 spiro atoms. The Hall–Kier alpha value is -3.07. The first-order valence-electron chi connectivity index (χ1n) is 14.4. The molecule has 0 bridgehead atoms. The number of ether oxygens (including phenoxy) is 1. The van der Waals surface area contributed by atoms with E-state index in [4.69, 9.17) is 19.9 Å². The second-order valence-electron chi connectivity index (χ2n) is 11.1. The van der Waals surface area contributed by atoms with Gasteiger partial charge >= 0.3 is 12.1 Å². The molecular weight excluding hydrogens is 573 g/mol. The predicted molar refractivity (Wildman–Crippen MR) is 152 cm³/mol. The minimum atomic E-state index is -5.07. The van der Waals surface area contributed by atoms with Gasteiger partial charge in [-0.2, -0.15) is 18.2 Å². The summed E-state index contributed by atoms with van der Waals surface area (Å²) in [6, 6.07) is -0.672. The Morgan fingerprint density at radius 1 is 1.00 bits per heavy atom. The standard InChI is InChI=1S/C27H37F3N8O3S/c1-4-36-8-5-18-19(6-9-36)32-22(15-31-18)37-10-12-38(13-11-37)26-34-20-7-14-42(40)23(20)24(35-26)33-21(17(2)3)16-41-25(39)27(28,29)30/h15,17,21H,4-14,16H2,1-3H3,(H,33,34,35)/t21?,42-/m1/s1. The Balaban J connectivity index is 1.29. The van der Waals surface area contributed by atoms with E-state index >= 15 is 0 Å². The van der Waals surface area contributed by atoms with E-state index in [1.54, 1.807) is 13.8 Å². The number of aryl methyl sites for hydroxylation is 1. The molecule has 1 fully saturated rings. The highest BCUT2D eigenvalue weighted by molar-refractivity contribution is 7.85. The first-order valence-corrected chi connectivity index (χ1v) is 15.7. The lowest BCUT2D eigenvalue weighted by Crippen LogP contribution is -2.47. The van der Waals surface area contributed by atoms with E-state index < -0.39 is 35.6 Å². The summed E-state index contributed by atoms with van der Waals surface area (Å²) in [5, 5.41) is 3.12. The number of fused-ring (bicyclic) bond motifs is 2. The number of alkyl halides is 3. The third-order valence-electron chi connectivity index (χ3n) is 8.01. The van der Waals surface area contributed by atoms with Gasteiger partial charge in [0.2, 0.25) is 5.95 Å². The maximum atomic E-state index is 12.8. The average Bonchev–Trinajstić information content (AvgIpc) is 3.22. The molecule has 0 aliphatic carbocycles. The number of rotatable bonds is 8. The van der Waals surface area contributed by atoms with Gasteiger partial charge in [0.05, 0.1) is 40.1 Å². The molecule has 2 atom stereocenters. The number of carbonyl (C=O) groups excluding carboxylic acids is 1. The quantitative estimate of drug-likeness (QED) is 0.444. The van der Waals surface area contributed by atoms with Crippen molar-refractivity contribution in [1.82, 2.24) is 24.8 Å². The van der Waals surface area contributed by atoms with Crippen LogP contribution in [0.25, 0.3) is 0 Å². The highest BCUT2D eigenvalue weighted by atomic mass is 32.2. The number of carbonyl (C=O) groups is 1. The Kier molecular flexibility index (Phi) is 9.16. The number of nitrogens with zero attached hydrogens (tertiary/aromatic N) is 7. The van der Waals surface area contributed by atoms with Crippen LogP contribution in [0, 0.1) is 5.92 Å². The highest BCUT2D eigenvalue weighted by Crippen LogP contribution is 2.31. The van der Waals surface area contributed by atoms with E-state index in [9.17, 15) is 22.2 Å². The van der Waals surface area contributed by atoms with Gasteiger partial charge in [0.15, 0.2) is 0 Å². The Labute approximate surface area is 245 Å². The summed E-state index contributed by atoms with van der Waals surface area (Å²) in [6.45, 7) is 10.9. The zero-order valence-electron chi connectivity index (χ0n) is 24.1. The molecule has 1 saturated heterocycles. The summed E-state index contributed by atoms with van der Waals surface area (Å²) in [5.74, 6) is -0.403. The van der Waals surface area contributed by atoms with Gasteiger partial charge in [-0.15, -0.1) is 0 Å². The molecule has 2 aromatic rings. The lowest BCUT2D eigenvalue weighted by molar-refractivity contribution is -0.200. The third kappa shape index (κ3) is 6.77. The van der Waals surface area contributed by atoms with Crippen molar-refractivity contribution in [1.29, 1.82) is 0 Å². The van der Waals surface area contributed by atoms with Crippen molar-refractivity contribution in [2.24, 2.45) is 5.92 Å². The highest BCUT2D eigenvalue weighted by Gasteiger charge is 2.41. The predicted octanol–water partition coefficient (Wildman–Crippen LogP) is 2.22. The monoisotopic (exact) mass is 610 g/mol. The van der Waals surface area contributed by atoms with Crippen molar-refractivity contribution in [3.8, 4) is 0 Å². The number of halogens is 3. The van der Waals surface area contributed by atoms with Crippen LogP contribution >= 0.6 is 0 Å². The summed E-state index contributed by atoms with van der Waals surface area (Å²) in [6.07, 6.45) is -0.909. The maximum absolute atomic E-state index is 12.8. The summed E-state index contributed by atoms with van der Waals surface area (Å²) in [7, 11) is -1.34. The number of likely N-dealkylation sites (N-methyl/N-ethyl adjacent to an activating group) is 1. The molecule has 1 unspecified atom stereocenters. The molecule has 3 aliphatic heterocycles. The Morgan fingerprint density at radius 2 is 1.69 bits per heavy atom. The van der Waals surface area contributed by atoms with Gasteiger partial charge in [0, 0.05) is 64.3 Å². The smallest absolute Gasteiger partial charge is 0.457 e. The van der Waals surface area contributed by atoms with Crippen molar-refractivity contribution in [3.63, 3.8) is 0 Å². The van der Waals surface area contributed by atoms with Crippen molar-refractivity contribution in [3.05, 3.63) is 23.3 Å². The maximum Gasteiger partial charge on any atom is 0.490 e. The second-order valence-corrected chi connectivity index (χ2v) is 12.6. The average molecular weight is 611 g/mol. The Bertz CT molecular complexity index is 1320. The fourth-order valence-electron chi connectivity index (χ4n) is 5.34. The van der Waals surface area contributed by atoms with Crippen LogP contribution < -0.4 is 15.1 Å². The molecule has 230 valence electrons. The minimum absolute atomic E-state index is 0.203. The number of aromatic nitrogens is 4. The van der Waals surface area contributed by atoms with Gasteiger partial charge in [-0.3, -0.25) is 9.19 Å². The van der Waals surface area contributed by atoms with Gasteiger partial charge in [-0.25, -0.2) is 14.8 Å². The van der Waals surface area contributed by atoms with Crippen molar-refractivity contribution < 1.29 is 26.9 Å². The molecule has 15 heteroatoms. The zero-order chi connectivity index (χ0) is 30.0. The summed E-state index contributed by atoms with van der Waals surface area (Å²) in [4.78, 5) is 37.6. The minimum Gasteiger partial charge on any atom is -0.457 e. The van der Waals surface area contributed by atoms with Crippen LogP contribution in [0.5, 0.6) is 0 Å². The van der Waals surface area contributed by atoms with E-state index in [-0.39, 0.29) is 5.92 Å². The molecule has 42 heavy (non-hydrogen) atoms. The van der Waals surface area contributed by atoms with Gasteiger partial charge in [0.25, 0.3) is 0 Å². The van der Waals surface area contributed by atoms with Crippen LogP contribution in [0.15, 0.2) is 11.1 Å². The zero-order valence-corrected chi connectivity index (χ0v) is 24.9. The van der Waals surface area contributed by atoms with Crippen LogP contribution in [0.4, 0.5) is 30.8 Å². The molecule has 5 heterocycles. The number of esters is 1. The van der Waals surface area contributed by atoms with Crippen LogP contribution in [0.1, 0.15) is 37.9 Å². The topological polar surface area (TPSA) is 117 Å². The summed E-state index contributed by atoms with van der Waals surface area (Å²) < 4.78 is 55.4. The van der Waals surface area contributed by atoms with Gasteiger partial charge in [-0.1, -0.05) is 20.8 Å². The van der Waals surface area contributed by atoms with Crippen LogP contribution in [-0.4, -0.2) is 105 Å². The van der Waals surface area contributed by atoms with Crippen molar-refractivity contribution in [2.75, 3.05) is 73.3 Å². The van der Waals surface area contributed by atoms with Gasteiger partial charge in [-0.05, 0) is 12.5 Å². The first-order chi connectivity index (χ1) is 20.0. The summed E-state index contributed by atoms with van der Waals surface area (Å²) >= 11 is 0. The van der Waals surface area contributed by atoms with Crippen LogP contribution in [0.2, 0.25) is 0 Å². The summed E-state index contributed by atoms with van der Waals surface area (Å²) in [5.41, 5.74) is 2.80. The lowest BCUT2D eigenvalue weighted by Gasteiger charge is -2.36. The molecule has 0 saturated carbocycles. The van der Waals surface area contributed by atoms with Crippen molar-refractivity contribution >= 4 is 34.4 Å². The number of nitrogens with one attached hydrogen (secondary N) is 1. The largest absolute Gasteiger partial charge is 0.490 e. The normalized spacial score (nSPS) is 20.2. The molecule has 1 N–H and O–H groups in total. The number of hydrogen-bond donors (Lipinski definition) is 1. The molecule has 3 aliphatic rings. The molecule has 0 amide bonds. The third-order valence-corrected chi connectivity index (χ3v) is 9.47. The Morgan fingerprint density at radius 3 is 2.36 bits per heavy atom. The molecule has 2 aromatic heterocycles. The van der Waals surface area contributed by atoms with Crippen LogP contribution in [-0.2, 0) is 39.6 Å². The van der Waals surface area contributed by atoms with E-state index in [1.165, 1.54) is 0 Å². The lowest BCUT2D eigenvalue weighted by atomic mass is 10.1. The van der Waals surface area contributed by atoms with E-state index in [1.807, 2.05) is 11.1 Å². The van der Waals surface area contributed by atoms with Gasteiger partial charge < -0.3 is 24.8 Å². The fourth-order valence-corrected chi connectivity index (χ4v) is 6.66. The van der Waals surface area contributed by atoms with E-state index in [0.717, 1.165) is 49.7 Å². The fraction of sp³-hybridized carbons (Fsp3) is 0.667. The molecule has 5 rings (SSSR count). The number of hydrogen-bond acceptors (Lipinski definition) is 11. The SMILES string of the molecule is CCN1CCc2ncc(N3CCN(c4nc5c(c(NC(COC(=O)C(F)(F)F)C(C)C)n4)[S@](=O)CC5)CC3)nc2CC1. The molecule has 11 nitrogen and oxygen atoms in total. The van der Waals surface area contributed by atoms with Crippen molar-refractivity contribution in [2.45, 2.75) is 57.1 Å². The number of anilines is 3. The van der Waals surface area contributed by atoms with Crippen LogP contribution in [0.3, 0.4) is 0 Å². The number of piperazine rings is 1. The van der Waals surface area contributed by atoms with E-state index in [0.29, 0.717) is 60.7 Å². The second kappa shape index (κ2) is 12.7.